The fraction of sp³-hybridized carbons (Fsp3) is 0.200. The van der Waals surface area contributed by atoms with E-state index in [1.807, 2.05) is 62.4 Å². The van der Waals surface area contributed by atoms with E-state index >= 15 is 0 Å². The first-order valence-electron chi connectivity index (χ1n) is 9.52. The number of fused-ring (bicyclic) bond motifs is 2. The van der Waals surface area contributed by atoms with Crippen molar-refractivity contribution < 1.29 is 19.7 Å². The van der Waals surface area contributed by atoms with Crippen LogP contribution in [0.2, 0.25) is 0 Å². The minimum Gasteiger partial charge on any atom is -0.507 e. The first kappa shape index (κ1) is 18.9. The Hall–Kier alpha value is -3.40. The van der Waals surface area contributed by atoms with Crippen LogP contribution in [0.3, 0.4) is 0 Å². The van der Waals surface area contributed by atoms with Gasteiger partial charge in [0.25, 0.3) is 0 Å². The highest BCUT2D eigenvalue weighted by Gasteiger charge is 2.17. The molecule has 4 aromatic carbocycles. The summed E-state index contributed by atoms with van der Waals surface area (Å²) in [6.07, 6.45) is 0.607. The van der Waals surface area contributed by atoms with Gasteiger partial charge in [-0.15, -0.1) is 0 Å². The molecule has 0 aliphatic rings. The van der Waals surface area contributed by atoms with Crippen molar-refractivity contribution in [1.82, 2.24) is 0 Å². The Morgan fingerprint density at radius 2 is 1.10 bits per heavy atom. The lowest BCUT2D eigenvalue weighted by Gasteiger charge is -2.17. The van der Waals surface area contributed by atoms with Crippen LogP contribution < -0.4 is 9.47 Å². The maximum atomic E-state index is 10.6. The highest BCUT2D eigenvalue weighted by molar-refractivity contribution is 5.99. The van der Waals surface area contributed by atoms with E-state index in [1.54, 1.807) is 14.2 Å². The highest BCUT2D eigenvalue weighted by Crippen LogP contribution is 2.41. The number of ether oxygens (including phenoxy) is 2. The molecule has 0 aliphatic heterocycles. The van der Waals surface area contributed by atoms with Crippen LogP contribution >= 0.6 is 0 Å². The van der Waals surface area contributed by atoms with Gasteiger partial charge < -0.3 is 19.7 Å². The molecule has 29 heavy (non-hydrogen) atoms. The van der Waals surface area contributed by atoms with E-state index in [1.165, 1.54) is 0 Å². The van der Waals surface area contributed by atoms with Crippen LogP contribution in [-0.4, -0.2) is 24.4 Å². The molecule has 0 fully saturated rings. The summed E-state index contributed by atoms with van der Waals surface area (Å²) >= 11 is 0. The lowest BCUT2D eigenvalue weighted by Crippen LogP contribution is -1.98. The fourth-order valence-electron chi connectivity index (χ4n) is 4.17. The molecule has 0 aromatic heterocycles. The number of hydrogen-bond acceptors (Lipinski definition) is 4. The molecule has 0 aliphatic carbocycles. The Morgan fingerprint density at radius 3 is 1.48 bits per heavy atom. The van der Waals surface area contributed by atoms with E-state index in [2.05, 4.69) is 0 Å². The maximum Gasteiger partial charge on any atom is 0.127 e. The maximum absolute atomic E-state index is 10.6. The number of aryl methyl sites for hydroxylation is 2. The van der Waals surface area contributed by atoms with Gasteiger partial charge in [-0.1, -0.05) is 36.4 Å². The summed E-state index contributed by atoms with van der Waals surface area (Å²) < 4.78 is 11.2. The zero-order chi connectivity index (χ0) is 20.7. The monoisotopic (exact) mass is 388 g/mol. The standard InChI is InChI=1S/C25H24O4/c1-14-11-16(22-18(24(14)26)7-5-9-20(22)28-3)13-17-12-15(2)25(27)19-8-6-10-21(29-4)23(17)19/h5-12,26-27H,13H2,1-4H3. The Morgan fingerprint density at radius 1 is 0.690 bits per heavy atom. The molecule has 0 unspecified atom stereocenters. The molecule has 0 saturated heterocycles. The van der Waals surface area contributed by atoms with Gasteiger partial charge in [0.2, 0.25) is 0 Å². The first-order chi connectivity index (χ1) is 14.0. The second-order valence-corrected chi connectivity index (χ2v) is 7.34. The van der Waals surface area contributed by atoms with Gasteiger partial charge in [-0.2, -0.15) is 0 Å². The molecule has 4 heteroatoms. The minimum atomic E-state index is 0.270. The Kier molecular flexibility index (Phi) is 4.71. The molecule has 4 nitrogen and oxygen atoms in total. The van der Waals surface area contributed by atoms with Crippen molar-refractivity contribution >= 4 is 21.5 Å². The number of phenolic OH excluding ortho intramolecular Hbond substituents is 2. The van der Waals surface area contributed by atoms with Crippen molar-refractivity contribution in [3.8, 4) is 23.0 Å². The third-order valence-corrected chi connectivity index (χ3v) is 5.55. The number of aromatic hydroxyl groups is 2. The molecule has 2 N–H and O–H groups in total. The molecule has 0 atom stereocenters. The molecule has 0 bridgehead atoms. The first-order valence-corrected chi connectivity index (χ1v) is 9.52. The number of phenols is 2. The van der Waals surface area contributed by atoms with Crippen molar-refractivity contribution in [3.63, 3.8) is 0 Å². The second kappa shape index (κ2) is 7.21. The third-order valence-electron chi connectivity index (χ3n) is 5.55. The third kappa shape index (κ3) is 3.01. The normalized spacial score (nSPS) is 11.2. The van der Waals surface area contributed by atoms with Crippen molar-refractivity contribution in [2.75, 3.05) is 14.2 Å². The average molecular weight is 388 g/mol. The molecular formula is C25H24O4. The van der Waals surface area contributed by atoms with Crippen LogP contribution in [0.15, 0.2) is 48.5 Å². The van der Waals surface area contributed by atoms with E-state index in [0.29, 0.717) is 6.42 Å². The predicted octanol–water partition coefficient (Wildman–Crippen LogP) is 5.63. The van der Waals surface area contributed by atoms with Crippen molar-refractivity contribution in [1.29, 1.82) is 0 Å². The molecule has 0 radical (unpaired) electrons. The van der Waals surface area contributed by atoms with Crippen LogP contribution in [0.25, 0.3) is 21.5 Å². The van der Waals surface area contributed by atoms with Gasteiger partial charge in [-0.3, -0.25) is 0 Å². The molecule has 0 spiro atoms. The zero-order valence-corrected chi connectivity index (χ0v) is 17.0. The van der Waals surface area contributed by atoms with Crippen LogP contribution in [-0.2, 0) is 6.42 Å². The zero-order valence-electron chi connectivity index (χ0n) is 17.0. The smallest absolute Gasteiger partial charge is 0.127 e. The molecule has 148 valence electrons. The molecule has 4 rings (SSSR count). The predicted molar refractivity (Wildman–Crippen MR) is 117 cm³/mol. The molecular weight excluding hydrogens is 364 g/mol. The number of methoxy groups -OCH3 is 2. The number of benzene rings is 4. The van der Waals surface area contributed by atoms with Crippen molar-refractivity contribution in [2.24, 2.45) is 0 Å². The minimum absolute atomic E-state index is 0.270. The van der Waals surface area contributed by atoms with E-state index in [0.717, 1.165) is 55.3 Å². The van der Waals surface area contributed by atoms with Gasteiger partial charge in [0.15, 0.2) is 0 Å². The summed E-state index contributed by atoms with van der Waals surface area (Å²) in [5, 5.41) is 24.5. The average Bonchev–Trinajstić information content (AvgIpc) is 2.74. The molecule has 0 amide bonds. The van der Waals surface area contributed by atoms with E-state index < -0.39 is 0 Å². The Balaban J connectivity index is 2.03. The Bertz CT molecular complexity index is 1140. The van der Waals surface area contributed by atoms with Crippen LogP contribution in [0.5, 0.6) is 23.0 Å². The summed E-state index contributed by atoms with van der Waals surface area (Å²) in [5.74, 6) is 1.98. The van der Waals surface area contributed by atoms with Gasteiger partial charge in [-0.05, 0) is 54.7 Å². The highest BCUT2D eigenvalue weighted by atomic mass is 16.5. The van der Waals surface area contributed by atoms with Crippen molar-refractivity contribution in [2.45, 2.75) is 20.3 Å². The van der Waals surface area contributed by atoms with Crippen LogP contribution in [0, 0.1) is 13.8 Å². The van der Waals surface area contributed by atoms with Gasteiger partial charge in [0.1, 0.15) is 23.0 Å². The van der Waals surface area contributed by atoms with E-state index in [4.69, 9.17) is 9.47 Å². The largest absolute Gasteiger partial charge is 0.507 e. The summed E-state index contributed by atoms with van der Waals surface area (Å²) in [6, 6.07) is 15.4. The van der Waals surface area contributed by atoms with E-state index in [-0.39, 0.29) is 11.5 Å². The summed E-state index contributed by atoms with van der Waals surface area (Å²) in [7, 11) is 3.27. The summed E-state index contributed by atoms with van der Waals surface area (Å²) in [5.41, 5.74) is 3.72. The molecule has 4 aromatic rings. The van der Waals surface area contributed by atoms with Crippen molar-refractivity contribution in [3.05, 3.63) is 70.8 Å². The second-order valence-electron chi connectivity index (χ2n) is 7.34. The van der Waals surface area contributed by atoms with Gasteiger partial charge in [-0.25, -0.2) is 0 Å². The lowest BCUT2D eigenvalue weighted by molar-refractivity contribution is 0.419. The fourth-order valence-corrected chi connectivity index (χ4v) is 4.17. The SMILES string of the molecule is COc1cccc2c(O)c(C)cc(Cc3cc(C)c(O)c4cccc(OC)c34)c12. The number of rotatable bonds is 4. The summed E-state index contributed by atoms with van der Waals surface area (Å²) in [6.45, 7) is 3.80. The molecule has 0 saturated carbocycles. The van der Waals surface area contributed by atoms with Crippen LogP contribution in [0.4, 0.5) is 0 Å². The van der Waals surface area contributed by atoms with E-state index in [9.17, 15) is 10.2 Å². The van der Waals surface area contributed by atoms with Crippen LogP contribution in [0.1, 0.15) is 22.3 Å². The number of hydrogen-bond donors (Lipinski definition) is 2. The summed E-state index contributed by atoms with van der Waals surface area (Å²) in [4.78, 5) is 0. The topological polar surface area (TPSA) is 58.9 Å². The lowest BCUT2D eigenvalue weighted by atomic mass is 9.91. The van der Waals surface area contributed by atoms with Gasteiger partial charge in [0, 0.05) is 21.5 Å². The van der Waals surface area contributed by atoms with Gasteiger partial charge in [0.05, 0.1) is 14.2 Å². The molecule has 0 heterocycles. The quantitative estimate of drug-likeness (QED) is 0.476. The Labute approximate surface area is 169 Å². The van der Waals surface area contributed by atoms with Gasteiger partial charge >= 0.3 is 0 Å².